The van der Waals surface area contributed by atoms with Crippen molar-refractivity contribution in [3.8, 4) is 16.3 Å². The van der Waals surface area contributed by atoms with Crippen LogP contribution >= 0.6 is 36.2 Å². The lowest BCUT2D eigenvalue weighted by molar-refractivity contribution is 0.0603. The van der Waals surface area contributed by atoms with Gasteiger partial charge in [-0.1, -0.05) is 0 Å². The molecule has 0 unspecified atom stereocenters. The second-order valence-electron chi connectivity index (χ2n) is 7.21. The lowest BCUT2D eigenvalue weighted by Crippen LogP contribution is -2.44. The molecule has 1 spiro atoms. The summed E-state index contributed by atoms with van der Waals surface area (Å²) >= 11 is 1.52. The van der Waals surface area contributed by atoms with Crippen molar-refractivity contribution in [1.29, 1.82) is 0 Å². The van der Waals surface area contributed by atoms with E-state index in [0.29, 0.717) is 17.7 Å². The molecule has 2 aliphatic rings. The molecule has 0 bridgehead atoms. The van der Waals surface area contributed by atoms with E-state index in [1.54, 1.807) is 0 Å². The first-order valence-electron chi connectivity index (χ1n) is 9.38. The molecule has 4 rings (SSSR count). The molecule has 1 N–H and O–H groups in total. The number of benzene rings is 1. The molecule has 1 aromatic carbocycles. The Morgan fingerprint density at radius 2 is 1.93 bits per heavy atom. The third-order valence-electron chi connectivity index (χ3n) is 5.58. The number of piperidine rings is 1. The van der Waals surface area contributed by atoms with Gasteiger partial charge in [0.1, 0.15) is 16.5 Å². The van der Waals surface area contributed by atoms with Gasteiger partial charge in [-0.15, -0.1) is 36.2 Å². The maximum Gasteiger partial charge on any atom is 0.273 e. The van der Waals surface area contributed by atoms with Crippen LogP contribution in [0.4, 0.5) is 0 Å². The number of rotatable bonds is 4. The molecule has 0 atom stereocenters. The highest BCUT2D eigenvalue weighted by Gasteiger charge is 2.38. The number of hydrogen-bond donors (Lipinski definition) is 1. The molecule has 1 aromatic heterocycles. The van der Waals surface area contributed by atoms with E-state index < -0.39 is 0 Å². The van der Waals surface area contributed by atoms with E-state index in [9.17, 15) is 4.79 Å². The monoisotopic (exact) mass is 443 g/mol. The first-order valence-corrected chi connectivity index (χ1v) is 10.3. The zero-order chi connectivity index (χ0) is 18.0. The quantitative estimate of drug-likeness (QED) is 0.766. The average molecular weight is 444 g/mol. The minimum absolute atomic E-state index is 0. The van der Waals surface area contributed by atoms with Crippen molar-refractivity contribution in [2.24, 2.45) is 5.41 Å². The molecule has 8 heteroatoms. The van der Waals surface area contributed by atoms with Gasteiger partial charge in [-0.3, -0.25) is 4.79 Å². The molecular formula is C20H27Cl2N3O2S. The summed E-state index contributed by atoms with van der Waals surface area (Å²) in [6.45, 7) is 6.53. The molecule has 2 aromatic rings. The molecule has 2 fully saturated rings. The van der Waals surface area contributed by atoms with Crippen LogP contribution in [0.2, 0.25) is 0 Å². The van der Waals surface area contributed by atoms with E-state index in [2.05, 4.69) is 10.3 Å². The zero-order valence-electron chi connectivity index (χ0n) is 16.0. The molecular weight excluding hydrogens is 417 g/mol. The highest BCUT2D eigenvalue weighted by atomic mass is 35.5. The largest absolute Gasteiger partial charge is 0.494 e. The van der Waals surface area contributed by atoms with Gasteiger partial charge >= 0.3 is 0 Å². The second-order valence-corrected chi connectivity index (χ2v) is 8.07. The van der Waals surface area contributed by atoms with E-state index in [1.165, 1.54) is 17.8 Å². The number of nitrogens with zero attached hydrogens (tertiary/aromatic N) is 2. The Bertz CT molecular complexity index is 766. The van der Waals surface area contributed by atoms with Crippen molar-refractivity contribution in [3.63, 3.8) is 0 Å². The standard InChI is InChI=1S/C20H25N3O2S.2ClH/c1-2-25-16-5-3-15(4-6-16)18-22-17(13-26-18)19(24)23-11-8-20(9-12-23)7-10-21-14-20;;/h3-6,13,21H,2,7-12,14H2,1H3;2*1H. The number of likely N-dealkylation sites (tertiary alicyclic amines) is 1. The fourth-order valence-electron chi connectivity index (χ4n) is 3.93. The van der Waals surface area contributed by atoms with Crippen LogP contribution in [0, 0.1) is 5.41 Å². The highest BCUT2D eigenvalue weighted by Crippen LogP contribution is 2.37. The Hall–Kier alpha value is -1.34. The third kappa shape index (κ3) is 4.79. The molecule has 5 nitrogen and oxygen atoms in total. The predicted molar refractivity (Wildman–Crippen MR) is 118 cm³/mol. The molecule has 154 valence electrons. The van der Waals surface area contributed by atoms with Crippen LogP contribution in [0.5, 0.6) is 5.75 Å². The summed E-state index contributed by atoms with van der Waals surface area (Å²) in [4.78, 5) is 19.4. The van der Waals surface area contributed by atoms with Gasteiger partial charge in [0.05, 0.1) is 6.61 Å². The molecule has 1 amide bonds. The van der Waals surface area contributed by atoms with Gasteiger partial charge in [0.2, 0.25) is 0 Å². The summed E-state index contributed by atoms with van der Waals surface area (Å²) in [6, 6.07) is 7.88. The number of carbonyl (C=O) groups is 1. The zero-order valence-corrected chi connectivity index (χ0v) is 18.4. The summed E-state index contributed by atoms with van der Waals surface area (Å²) in [5.41, 5.74) is 2.01. The van der Waals surface area contributed by atoms with E-state index in [0.717, 1.165) is 55.3 Å². The fraction of sp³-hybridized carbons (Fsp3) is 0.500. The summed E-state index contributed by atoms with van der Waals surface area (Å²) in [5.74, 6) is 0.923. The molecule has 0 radical (unpaired) electrons. The highest BCUT2D eigenvalue weighted by molar-refractivity contribution is 7.13. The number of aromatic nitrogens is 1. The Balaban J connectivity index is 0.00000140. The number of carbonyl (C=O) groups excluding carboxylic acids is 1. The normalized spacial score (nSPS) is 17.7. The van der Waals surface area contributed by atoms with Gasteiger partial charge in [0, 0.05) is 30.6 Å². The van der Waals surface area contributed by atoms with Gasteiger partial charge in [-0.2, -0.15) is 0 Å². The minimum Gasteiger partial charge on any atom is -0.494 e. The molecule has 28 heavy (non-hydrogen) atoms. The Morgan fingerprint density at radius 1 is 1.21 bits per heavy atom. The number of thiazole rings is 1. The van der Waals surface area contributed by atoms with Crippen LogP contribution in [0.15, 0.2) is 29.6 Å². The van der Waals surface area contributed by atoms with Crippen LogP contribution in [-0.2, 0) is 0 Å². The van der Waals surface area contributed by atoms with Gasteiger partial charge in [-0.25, -0.2) is 4.98 Å². The van der Waals surface area contributed by atoms with Crippen LogP contribution in [0.25, 0.3) is 10.6 Å². The van der Waals surface area contributed by atoms with Crippen molar-refractivity contribution in [3.05, 3.63) is 35.3 Å². The van der Waals surface area contributed by atoms with E-state index in [1.807, 2.05) is 41.5 Å². The van der Waals surface area contributed by atoms with Gasteiger partial charge < -0.3 is 15.0 Å². The number of amides is 1. The van der Waals surface area contributed by atoms with Crippen LogP contribution in [0.1, 0.15) is 36.7 Å². The predicted octanol–water partition coefficient (Wildman–Crippen LogP) is 4.27. The lowest BCUT2D eigenvalue weighted by Gasteiger charge is -2.38. The molecule has 2 saturated heterocycles. The van der Waals surface area contributed by atoms with Gasteiger partial charge in [0.25, 0.3) is 5.91 Å². The second kappa shape index (κ2) is 9.92. The van der Waals surface area contributed by atoms with Crippen molar-refractivity contribution in [2.45, 2.75) is 26.2 Å². The smallest absolute Gasteiger partial charge is 0.273 e. The number of hydrogen-bond acceptors (Lipinski definition) is 5. The van der Waals surface area contributed by atoms with Gasteiger partial charge in [-0.05, 0) is 62.4 Å². The van der Waals surface area contributed by atoms with Crippen molar-refractivity contribution in [2.75, 3.05) is 32.8 Å². The van der Waals surface area contributed by atoms with E-state index in [4.69, 9.17) is 4.74 Å². The average Bonchev–Trinajstić information content (AvgIpc) is 3.33. The number of ether oxygens (including phenoxy) is 1. The fourth-order valence-corrected chi connectivity index (χ4v) is 4.73. The summed E-state index contributed by atoms with van der Waals surface area (Å²) in [5, 5.41) is 6.23. The Kier molecular flexibility index (Phi) is 8.13. The number of nitrogens with one attached hydrogen (secondary N) is 1. The van der Waals surface area contributed by atoms with Gasteiger partial charge in [0.15, 0.2) is 0 Å². The Morgan fingerprint density at radius 3 is 2.54 bits per heavy atom. The first kappa shape index (κ1) is 22.9. The van der Waals surface area contributed by atoms with E-state index in [-0.39, 0.29) is 30.7 Å². The summed E-state index contributed by atoms with van der Waals surface area (Å²) in [7, 11) is 0. The summed E-state index contributed by atoms with van der Waals surface area (Å²) in [6.07, 6.45) is 3.44. The SMILES string of the molecule is CCOc1ccc(-c2nc(C(=O)N3CCC4(CCNC4)CC3)cs2)cc1.Cl.Cl. The van der Waals surface area contributed by atoms with Crippen molar-refractivity contribution in [1.82, 2.24) is 15.2 Å². The Labute approximate surface area is 182 Å². The third-order valence-corrected chi connectivity index (χ3v) is 6.47. The van der Waals surface area contributed by atoms with E-state index >= 15 is 0 Å². The maximum absolute atomic E-state index is 12.8. The van der Waals surface area contributed by atoms with Crippen LogP contribution < -0.4 is 10.1 Å². The van der Waals surface area contributed by atoms with Crippen LogP contribution in [-0.4, -0.2) is 48.6 Å². The first-order chi connectivity index (χ1) is 12.7. The topological polar surface area (TPSA) is 54.5 Å². The van der Waals surface area contributed by atoms with Crippen molar-refractivity contribution < 1.29 is 9.53 Å². The lowest BCUT2D eigenvalue weighted by atomic mass is 9.78. The minimum atomic E-state index is 0. The molecule has 0 saturated carbocycles. The molecule has 3 heterocycles. The summed E-state index contributed by atoms with van der Waals surface area (Å²) < 4.78 is 5.48. The molecule has 0 aliphatic carbocycles. The maximum atomic E-state index is 12.8. The van der Waals surface area contributed by atoms with Crippen molar-refractivity contribution >= 4 is 42.1 Å². The molecule has 2 aliphatic heterocycles. The number of halogens is 2. The van der Waals surface area contributed by atoms with Crippen LogP contribution in [0.3, 0.4) is 0 Å².